The zero-order valence-corrected chi connectivity index (χ0v) is 10.8. The third kappa shape index (κ3) is 1.61. The zero-order valence-electron chi connectivity index (χ0n) is 8.01. The van der Waals surface area contributed by atoms with Crippen LogP contribution in [0, 0.1) is 0 Å². The first-order chi connectivity index (χ1) is 7.36. The Kier molecular flexibility index (Phi) is 2.51. The van der Waals surface area contributed by atoms with Crippen LogP contribution in [0.25, 0.3) is 0 Å². The minimum absolute atomic E-state index is 0.156. The molecule has 0 aliphatic carbocycles. The van der Waals surface area contributed by atoms with Crippen LogP contribution in [0.15, 0.2) is 68.1 Å². The molecule has 1 aliphatic heterocycles. The van der Waals surface area contributed by atoms with E-state index in [1.807, 2.05) is 11.8 Å². The highest BCUT2D eigenvalue weighted by atomic mass is 32.7. The fraction of sp³-hybridized carbons (Fsp3) is 0. The van der Waals surface area contributed by atoms with Crippen molar-refractivity contribution >= 4 is 30.7 Å². The molecule has 74 valence electrons. The van der Waals surface area contributed by atoms with Crippen LogP contribution in [-0.2, 0) is 10.5 Å². The molecule has 15 heavy (non-hydrogen) atoms. The lowest BCUT2D eigenvalue weighted by Gasteiger charge is -2.15. The second-order valence-electron chi connectivity index (χ2n) is 3.33. The summed E-state index contributed by atoms with van der Waals surface area (Å²) in [5, 5.41) is 0. The number of fused-ring (bicyclic) bond motifs is 2. The molecule has 3 rings (SSSR count). The molecular weight excluding hydrogens is 239 g/mol. The van der Waals surface area contributed by atoms with Crippen LogP contribution in [0.3, 0.4) is 0 Å². The molecule has 0 spiro atoms. The summed E-state index contributed by atoms with van der Waals surface area (Å²) in [5.74, 6) is 0. The molecule has 1 unspecified atom stereocenters. The third-order valence-corrected chi connectivity index (χ3v) is 6.99. The average molecular weight is 249 g/mol. The van der Waals surface area contributed by atoms with Gasteiger partial charge in [0.1, 0.15) is 8.44 Å². The summed E-state index contributed by atoms with van der Waals surface area (Å²) >= 11 is 1.88. The molecule has 1 heterocycles. The van der Waals surface area contributed by atoms with Crippen molar-refractivity contribution in [2.24, 2.45) is 0 Å². The second-order valence-corrected chi connectivity index (χ2v) is 7.39. The molecule has 0 bridgehead atoms. The predicted octanol–water partition coefficient (Wildman–Crippen LogP) is 3.98. The second kappa shape index (κ2) is 3.86. The molecule has 0 radical (unpaired) electrons. The molecule has 3 heteroatoms. The summed E-state index contributed by atoms with van der Waals surface area (Å²) in [7, 11) is 3.13. The third-order valence-electron chi connectivity index (χ3n) is 2.39. The van der Waals surface area contributed by atoms with E-state index in [9.17, 15) is 0 Å². The van der Waals surface area contributed by atoms with Gasteiger partial charge in [-0.25, -0.2) is 0 Å². The van der Waals surface area contributed by atoms with E-state index < -0.39 is 0 Å². The first kappa shape index (κ1) is 9.77. The molecule has 0 saturated heterocycles. The van der Waals surface area contributed by atoms with Crippen LogP contribution in [-0.4, -0.2) is 0 Å². The number of hydrogen-bond donors (Lipinski definition) is 0. The minimum Gasteiger partial charge on any atom is -0.0795 e. The van der Waals surface area contributed by atoms with E-state index in [1.165, 1.54) is 19.6 Å². The van der Waals surface area contributed by atoms with Gasteiger partial charge in [0.2, 0.25) is 0 Å². The van der Waals surface area contributed by atoms with Crippen molar-refractivity contribution in [1.29, 1.82) is 0 Å². The molecule has 0 saturated carbocycles. The highest BCUT2D eigenvalue weighted by Gasteiger charge is 2.31. The van der Waals surface area contributed by atoms with Crippen LogP contribution in [0.2, 0.25) is 0 Å². The fourth-order valence-corrected chi connectivity index (χ4v) is 6.33. The Balaban J connectivity index is 2.20. The number of benzene rings is 2. The van der Waals surface area contributed by atoms with Gasteiger partial charge >= 0.3 is 0 Å². The summed E-state index contributed by atoms with van der Waals surface area (Å²) in [6.07, 6.45) is 0. The first-order valence-electron chi connectivity index (χ1n) is 4.71. The number of hydrogen-bond acceptors (Lipinski definition) is 1. The summed E-state index contributed by atoms with van der Waals surface area (Å²) in [4.78, 5) is 5.70. The molecule has 0 amide bonds. The standard InChI is InChI=1S/C12H10PS2/c13-15-11-7-3-1-5-9(11)14-10-6-2-4-8-12(10)15/h1-8H,13H2/q+1. The van der Waals surface area contributed by atoms with E-state index in [0.717, 1.165) is 0 Å². The van der Waals surface area contributed by atoms with Crippen molar-refractivity contribution in [3.63, 3.8) is 0 Å². The van der Waals surface area contributed by atoms with Gasteiger partial charge in [-0.3, -0.25) is 0 Å². The quantitative estimate of drug-likeness (QED) is 0.503. The van der Waals surface area contributed by atoms with E-state index in [1.54, 1.807) is 0 Å². The monoisotopic (exact) mass is 249 g/mol. The summed E-state index contributed by atoms with van der Waals surface area (Å²) in [6.45, 7) is 0. The fourth-order valence-electron chi connectivity index (χ4n) is 1.67. The Hall–Kier alpha value is -0.430. The van der Waals surface area contributed by atoms with Crippen molar-refractivity contribution in [1.82, 2.24) is 0 Å². The molecule has 0 N–H and O–H groups in total. The molecule has 1 aliphatic rings. The van der Waals surface area contributed by atoms with Gasteiger partial charge in [-0.15, -0.1) is 0 Å². The van der Waals surface area contributed by atoms with Crippen LogP contribution < -0.4 is 0 Å². The minimum atomic E-state index is 0.156. The van der Waals surface area contributed by atoms with Crippen LogP contribution >= 0.6 is 20.2 Å². The Morgan fingerprint density at radius 2 is 1.27 bits per heavy atom. The number of rotatable bonds is 0. The zero-order chi connectivity index (χ0) is 10.3. The van der Waals surface area contributed by atoms with Gasteiger partial charge < -0.3 is 0 Å². The lowest BCUT2D eigenvalue weighted by molar-refractivity contribution is 1.15. The molecule has 0 fully saturated rings. The van der Waals surface area contributed by atoms with Gasteiger partial charge in [0.25, 0.3) is 0 Å². The van der Waals surface area contributed by atoms with Crippen LogP contribution in [0.4, 0.5) is 0 Å². The van der Waals surface area contributed by atoms with Crippen LogP contribution in [0.5, 0.6) is 0 Å². The Morgan fingerprint density at radius 1 is 0.800 bits per heavy atom. The van der Waals surface area contributed by atoms with Gasteiger partial charge in [0, 0.05) is 0 Å². The van der Waals surface area contributed by atoms with Crippen molar-refractivity contribution in [3.8, 4) is 0 Å². The van der Waals surface area contributed by atoms with E-state index in [-0.39, 0.29) is 10.5 Å². The molecule has 0 nitrogen and oxygen atoms in total. The molecule has 0 aromatic heterocycles. The first-order valence-corrected chi connectivity index (χ1v) is 8.23. The highest BCUT2D eigenvalue weighted by molar-refractivity contribution is 8.41. The van der Waals surface area contributed by atoms with Crippen molar-refractivity contribution in [3.05, 3.63) is 48.5 Å². The SMILES string of the molecule is P[S+]1c2ccccc2Sc2ccccc21. The molecular formula is C12H10PS2+. The Labute approximate surface area is 98.8 Å². The maximum Gasteiger partial charge on any atom is 0.176 e. The van der Waals surface area contributed by atoms with Gasteiger partial charge in [-0.1, -0.05) is 36.0 Å². The lowest BCUT2D eigenvalue weighted by Crippen LogP contribution is -2.02. The predicted molar refractivity (Wildman–Crippen MR) is 70.6 cm³/mol. The summed E-state index contributed by atoms with van der Waals surface area (Å²) < 4.78 is 0. The normalized spacial score (nSPS) is 14.5. The van der Waals surface area contributed by atoms with Crippen LogP contribution in [0.1, 0.15) is 0 Å². The van der Waals surface area contributed by atoms with Gasteiger partial charge in [0.15, 0.2) is 9.79 Å². The van der Waals surface area contributed by atoms with E-state index in [2.05, 4.69) is 57.0 Å². The molecule has 1 atom stereocenters. The molecule has 2 aromatic rings. The highest BCUT2D eigenvalue weighted by Crippen LogP contribution is 2.47. The molecule has 2 aromatic carbocycles. The maximum absolute atomic E-state index is 2.98. The van der Waals surface area contributed by atoms with Gasteiger partial charge in [-0.2, -0.15) is 0 Å². The van der Waals surface area contributed by atoms with Gasteiger partial charge in [0.05, 0.1) is 20.3 Å². The van der Waals surface area contributed by atoms with Crippen molar-refractivity contribution in [2.45, 2.75) is 19.6 Å². The van der Waals surface area contributed by atoms with Crippen molar-refractivity contribution in [2.75, 3.05) is 0 Å². The van der Waals surface area contributed by atoms with E-state index >= 15 is 0 Å². The average Bonchev–Trinajstić information content (AvgIpc) is 2.30. The maximum atomic E-state index is 2.98. The summed E-state index contributed by atoms with van der Waals surface area (Å²) in [5.41, 5.74) is 0. The van der Waals surface area contributed by atoms with E-state index in [4.69, 9.17) is 0 Å². The topological polar surface area (TPSA) is 0 Å². The Morgan fingerprint density at radius 3 is 1.80 bits per heavy atom. The summed E-state index contributed by atoms with van der Waals surface area (Å²) in [6, 6.07) is 17.3. The lowest BCUT2D eigenvalue weighted by atomic mass is 10.3. The Bertz CT molecular complexity index is 465. The smallest absolute Gasteiger partial charge is 0.0795 e. The largest absolute Gasteiger partial charge is 0.176 e. The van der Waals surface area contributed by atoms with Crippen molar-refractivity contribution < 1.29 is 0 Å². The van der Waals surface area contributed by atoms with Gasteiger partial charge in [-0.05, 0) is 24.3 Å². The van der Waals surface area contributed by atoms with E-state index in [0.29, 0.717) is 0 Å².